The number of rotatable bonds is 5. The molecule has 2 heterocycles. The number of hydrogen-bond donors (Lipinski definition) is 0. The minimum absolute atomic E-state index is 0.155. The number of halogens is 1. The molecule has 31 heavy (non-hydrogen) atoms. The van der Waals surface area contributed by atoms with Crippen LogP contribution in [0.2, 0.25) is 0 Å². The van der Waals surface area contributed by atoms with E-state index >= 15 is 0 Å². The van der Waals surface area contributed by atoms with Gasteiger partial charge in [0.15, 0.2) is 0 Å². The van der Waals surface area contributed by atoms with E-state index in [1.807, 2.05) is 44.2 Å². The van der Waals surface area contributed by atoms with Crippen molar-refractivity contribution in [3.63, 3.8) is 0 Å². The Morgan fingerprint density at radius 3 is 2.81 bits per heavy atom. The van der Waals surface area contributed by atoms with Gasteiger partial charge in [0.25, 0.3) is 0 Å². The maximum atomic E-state index is 14.2. The molecule has 4 nitrogen and oxygen atoms in total. The molecular formula is C26H26FNO3. The number of methoxy groups -OCH3 is 1. The first-order valence-electron chi connectivity index (χ1n) is 10.5. The molecule has 5 heteroatoms. The second-order valence-electron chi connectivity index (χ2n) is 8.17. The highest BCUT2D eigenvalue weighted by atomic mass is 19.1. The Morgan fingerprint density at radius 2 is 2.06 bits per heavy atom. The van der Waals surface area contributed by atoms with Crippen LogP contribution >= 0.6 is 0 Å². The smallest absolute Gasteiger partial charge is 0.308 e. The number of esters is 1. The van der Waals surface area contributed by atoms with Gasteiger partial charge in [-0.2, -0.15) is 0 Å². The maximum absolute atomic E-state index is 14.2. The van der Waals surface area contributed by atoms with Crippen molar-refractivity contribution in [3.8, 4) is 16.9 Å². The van der Waals surface area contributed by atoms with Gasteiger partial charge in [0.1, 0.15) is 17.7 Å². The molecule has 4 rings (SSSR count). The first-order valence-corrected chi connectivity index (χ1v) is 10.5. The van der Waals surface area contributed by atoms with Crippen LogP contribution in [0.5, 0.6) is 5.75 Å². The van der Waals surface area contributed by atoms with Gasteiger partial charge in [0.05, 0.1) is 18.7 Å². The first kappa shape index (κ1) is 21.0. The summed E-state index contributed by atoms with van der Waals surface area (Å²) in [5, 5.41) is 0. The Kier molecular flexibility index (Phi) is 6.03. The Labute approximate surface area is 182 Å². The molecule has 0 radical (unpaired) electrons. The molecule has 0 spiro atoms. The molecule has 0 saturated carbocycles. The molecule has 2 unspecified atom stereocenters. The van der Waals surface area contributed by atoms with Gasteiger partial charge < -0.3 is 9.47 Å². The van der Waals surface area contributed by atoms with Crippen LogP contribution < -0.4 is 4.74 Å². The van der Waals surface area contributed by atoms with E-state index in [1.165, 1.54) is 13.2 Å². The Balaban J connectivity index is 1.51. The predicted octanol–water partition coefficient (Wildman–Crippen LogP) is 5.61. The largest absolute Gasteiger partial charge is 0.484 e. The van der Waals surface area contributed by atoms with Gasteiger partial charge in [-0.05, 0) is 61.6 Å². The first-order chi connectivity index (χ1) is 14.9. The zero-order chi connectivity index (χ0) is 22.0. The van der Waals surface area contributed by atoms with Crippen molar-refractivity contribution in [1.29, 1.82) is 0 Å². The van der Waals surface area contributed by atoms with Crippen LogP contribution in [-0.4, -0.2) is 18.1 Å². The molecule has 0 N–H and O–H groups in total. The van der Waals surface area contributed by atoms with Gasteiger partial charge in [-0.1, -0.05) is 36.8 Å². The van der Waals surface area contributed by atoms with Crippen LogP contribution in [0.3, 0.4) is 0 Å². The van der Waals surface area contributed by atoms with E-state index < -0.39 is 0 Å². The lowest BCUT2D eigenvalue weighted by atomic mass is 9.95. The fourth-order valence-corrected chi connectivity index (χ4v) is 4.00. The number of fused-ring (bicyclic) bond motifs is 1. The Bertz CT molecular complexity index is 1090. The standard InChI is InChI=1S/C26H26FNO3/c1-16-4-9-22(27)21(12-16)20-7-10-23(28-15-20)24-11-8-19-6-5-18(14-25(19)31-24)13-17(2)26(29)30-3/h4-7,9-10,12,14-15,17,24H,8,11,13H2,1-3H3. The van der Waals surface area contributed by atoms with E-state index in [1.54, 1.807) is 12.3 Å². The highest BCUT2D eigenvalue weighted by Gasteiger charge is 2.23. The lowest BCUT2D eigenvalue weighted by Gasteiger charge is -2.26. The second kappa shape index (κ2) is 8.88. The summed E-state index contributed by atoms with van der Waals surface area (Å²) in [6.45, 7) is 3.80. The van der Waals surface area contributed by atoms with Gasteiger partial charge >= 0.3 is 5.97 Å². The van der Waals surface area contributed by atoms with Crippen molar-refractivity contribution in [2.75, 3.05) is 7.11 Å². The number of aryl methyl sites for hydroxylation is 2. The van der Waals surface area contributed by atoms with Crippen molar-refractivity contribution in [2.24, 2.45) is 5.92 Å². The molecule has 0 fully saturated rings. The van der Waals surface area contributed by atoms with Crippen molar-refractivity contribution in [3.05, 3.63) is 82.9 Å². The zero-order valence-electron chi connectivity index (χ0n) is 18.0. The predicted molar refractivity (Wildman–Crippen MR) is 117 cm³/mol. The molecule has 0 bridgehead atoms. The molecule has 0 amide bonds. The number of hydrogen-bond acceptors (Lipinski definition) is 4. The number of ether oxygens (including phenoxy) is 2. The number of carbonyl (C=O) groups excluding carboxylic acids is 1. The Morgan fingerprint density at radius 1 is 1.23 bits per heavy atom. The topological polar surface area (TPSA) is 48.4 Å². The van der Waals surface area contributed by atoms with Crippen LogP contribution in [0.25, 0.3) is 11.1 Å². The van der Waals surface area contributed by atoms with Crippen molar-refractivity contribution < 1.29 is 18.7 Å². The van der Waals surface area contributed by atoms with Crippen LogP contribution in [0.1, 0.15) is 41.8 Å². The highest BCUT2D eigenvalue weighted by Crippen LogP contribution is 2.36. The van der Waals surface area contributed by atoms with E-state index in [0.29, 0.717) is 12.0 Å². The molecule has 0 saturated heterocycles. The average molecular weight is 419 g/mol. The number of benzene rings is 2. The van der Waals surface area contributed by atoms with E-state index in [9.17, 15) is 9.18 Å². The summed E-state index contributed by atoms with van der Waals surface area (Å²) in [4.78, 5) is 16.3. The third-order valence-corrected chi connectivity index (χ3v) is 5.77. The average Bonchev–Trinajstić information content (AvgIpc) is 2.79. The van der Waals surface area contributed by atoms with Crippen molar-refractivity contribution in [2.45, 2.75) is 39.2 Å². The molecule has 2 aromatic carbocycles. The summed E-state index contributed by atoms with van der Waals surface area (Å²) in [5.74, 6) is 0.155. The van der Waals surface area contributed by atoms with Crippen molar-refractivity contribution >= 4 is 5.97 Å². The third kappa shape index (κ3) is 4.61. The van der Waals surface area contributed by atoms with E-state index in [-0.39, 0.29) is 23.8 Å². The minimum Gasteiger partial charge on any atom is -0.484 e. The SMILES string of the molecule is COC(=O)C(C)Cc1ccc2c(c1)OC(c1ccc(-c3cc(C)ccc3F)cn1)CC2. The van der Waals surface area contributed by atoms with Crippen LogP contribution in [0.4, 0.5) is 4.39 Å². The summed E-state index contributed by atoms with van der Waals surface area (Å²) < 4.78 is 25.3. The van der Waals surface area contributed by atoms with E-state index in [0.717, 1.165) is 46.5 Å². The number of pyridine rings is 1. The van der Waals surface area contributed by atoms with E-state index in [2.05, 4.69) is 11.1 Å². The van der Waals surface area contributed by atoms with Crippen LogP contribution in [0.15, 0.2) is 54.7 Å². The van der Waals surface area contributed by atoms with Crippen LogP contribution in [-0.2, 0) is 22.4 Å². The Hall–Kier alpha value is -3.21. The minimum atomic E-state index is -0.253. The molecule has 160 valence electrons. The molecule has 0 aliphatic carbocycles. The zero-order valence-corrected chi connectivity index (χ0v) is 18.0. The van der Waals surface area contributed by atoms with Gasteiger partial charge in [0, 0.05) is 17.3 Å². The molecule has 2 atom stereocenters. The number of nitrogens with zero attached hydrogens (tertiary/aromatic N) is 1. The fraction of sp³-hybridized carbons (Fsp3) is 0.308. The van der Waals surface area contributed by atoms with E-state index in [4.69, 9.17) is 9.47 Å². The molecule has 1 aliphatic rings. The number of carbonyl (C=O) groups is 1. The fourth-order valence-electron chi connectivity index (χ4n) is 4.00. The summed E-state index contributed by atoms with van der Waals surface area (Å²) in [6.07, 6.45) is 3.87. The monoisotopic (exact) mass is 419 g/mol. The quantitative estimate of drug-likeness (QED) is 0.504. The molecule has 3 aromatic rings. The summed E-state index contributed by atoms with van der Waals surface area (Å²) in [5.41, 5.74) is 5.33. The lowest BCUT2D eigenvalue weighted by Crippen LogP contribution is -2.18. The van der Waals surface area contributed by atoms with Crippen molar-refractivity contribution in [1.82, 2.24) is 4.98 Å². The second-order valence-corrected chi connectivity index (χ2v) is 8.17. The van der Waals surface area contributed by atoms with Gasteiger partial charge in [-0.3, -0.25) is 9.78 Å². The third-order valence-electron chi connectivity index (χ3n) is 5.77. The summed E-state index contributed by atoms with van der Waals surface area (Å²) >= 11 is 0. The highest BCUT2D eigenvalue weighted by molar-refractivity contribution is 5.72. The van der Waals surface area contributed by atoms with Gasteiger partial charge in [-0.25, -0.2) is 4.39 Å². The summed E-state index contributed by atoms with van der Waals surface area (Å²) in [6, 6.07) is 15.0. The molecule has 1 aliphatic heterocycles. The molecular weight excluding hydrogens is 393 g/mol. The van der Waals surface area contributed by atoms with Crippen LogP contribution in [0, 0.1) is 18.7 Å². The molecule has 1 aromatic heterocycles. The number of aromatic nitrogens is 1. The normalized spacial score (nSPS) is 16.2. The van der Waals surface area contributed by atoms with Gasteiger partial charge in [0.2, 0.25) is 0 Å². The van der Waals surface area contributed by atoms with Gasteiger partial charge in [-0.15, -0.1) is 0 Å². The summed E-state index contributed by atoms with van der Waals surface area (Å²) in [7, 11) is 1.41. The maximum Gasteiger partial charge on any atom is 0.308 e. The lowest BCUT2D eigenvalue weighted by molar-refractivity contribution is -0.144.